The van der Waals surface area contributed by atoms with Crippen molar-refractivity contribution in [1.29, 1.82) is 0 Å². The fraction of sp³-hybridized carbons (Fsp3) is 0.548. The number of nitrogens with zero attached hydrogens (tertiary/aromatic N) is 2. The summed E-state index contributed by atoms with van der Waals surface area (Å²) in [7, 11) is -16.2. The van der Waals surface area contributed by atoms with Crippen molar-refractivity contribution < 1.29 is 60.3 Å². The Kier molecular flexibility index (Phi) is 12.8. The first-order chi connectivity index (χ1) is 24.3. The molecule has 2 aliphatic heterocycles. The maximum atomic E-state index is 13.3. The van der Waals surface area contributed by atoms with E-state index >= 15 is 0 Å². The van der Waals surface area contributed by atoms with Crippen LogP contribution in [-0.2, 0) is 45.6 Å². The SMILES string of the molecule is CCCCCOP(=O)(O)OP(=O)(O)OP(=O)(O)OC[C@H]1O[C@@H](n2ccc(SC3CCCCC3)nc2=O)[C@H]2OC(c3ccc4ccccc4c3)OC12. The Morgan fingerprint density at radius 1 is 0.863 bits per heavy atom. The first-order valence-corrected chi connectivity index (χ1v) is 22.1. The van der Waals surface area contributed by atoms with Crippen LogP contribution >= 0.6 is 35.2 Å². The highest BCUT2D eigenvalue weighted by Gasteiger charge is 2.55. The van der Waals surface area contributed by atoms with Crippen molar-refractivity contribution >= 4 is 46.0 Å². The van der Waals surface area contributed by atoms with Gasteiger partial charge in [-0.1, -0.05) is 75.4 Å². The van der Waals surface area contributed by atoms with Gasteiger partial charge in [-0.25, -0.2) is 18.5 Å². The van der Waals surface area contributed by atoms with Gasteiger partial charge in [0.1, 0.15) is 23.3 Å². The molecular weight excluding hydrogens is 749 g/mol. The summed E-state index contributed by atoms with van der Waals surface area (Å²) in [6.45, 7) is 0.878. The molecule has 1 saturated carbocycles. The second-order valence-corrected chi connectivity index (χ2v) is 18.4. The van der Waals surface area contributed by atoms with E-state index in [0.717, 1.165) is 42.9 Å². The minimum Gasteiger partial charge on any atom is -0.346 e. The van der Waals surface area contributed by atoms with E-state index in [9.17, 15) is 33.2 Å². The zero-order valence-electron chi connectivity index (χ0n) is 27.7. The summed E-state index contributed by atoms with van der Waals surface area (Å²) in [4.78, 5) is 47.7. The van der Waals surface area contributed by atoms with Crippen LogP contribution in [0.3, 0.4) is 0 Å². The second kappa shape index (κ2) is 16.7. The maximum Gasteiger partial charge on any atom is 0.490 e. The van der Waals surface area contributed by atoms with Crippen LogP contribution in [0.25, 0.3) is 10.8 Å². The van der Waals surface area contributed by atoms with Crippen molar-refractivity contribution in [2.45, 2.75) is 99.4 Å². The summed E-state index contributed by atoms with van der Waals surface area (Å²) in [5.41, 5.74) is 0.0739. The summed E-state index contributed by atoms with van der Waals surface area (Å²) in [5, 5.41) is 2.90. The predicted octanol–water partition coefficient (Wildman–Crippen LogP) is 6.76. The molecule has 0 radical (unpaired) electrons. The molecule has 16 nitrogen and oxygen atoms in total. The molecule has 0 spiro atoms. The van der Waals surface area contributed by atoms with Gasteiger partial charge in [0, 0.05) is 17.0 Å². The topological polar surface area (TPSA) is 211 Å². The monoisotopic (exact) mass is 790 g/mol. The molecule has 0 amide bonds. The Balaban J connectivity index is 1.17. The molecule has 3 fully saturated rings. The Morgan fingerprint density at radius 3 is 2.29 bits per heavy atom. The quantitative estimate of drug-likeness (QED) is 0.0777. The van der Waals surface area contributed by atoms with E-state index in [0.29, 0.717) is 28.7 Å². The smallest absolute Gasteiger partial charge is 0.346 e. The van der Waals surface area contributed by atoms with Gasteiger partial charge in [-0.3, -0.25) is 13.6 Å². The molecule has 1 aliphatic carbocycles. The third-order valence-electron chi connectivity index (χ3n) is 8.63. The zero-order chi connectivity index (χ0) is 36.2. The molecule has 20 heteroatoms. The highest BCUT2D eigenvalue weighted by molar-refractivity contribution is 7.99. The number of phosphoric ester groups is 2. The van der Waals surface area contributed by atoms with Gasteiger partial charge < -0.3 is 28.9 Å². The molecule has 2 saturated heterocycles. The molecule has 2 aromatic carbocycles. The minimum absolute atomic E-state index is 0.263. The molecule has 3 heterocycles. The molecule has 51 heavy (non-hydrogen) atoms. The number of thioether (sulfide) groups is 1. The van der Waals surface area contributed by atoms with Gasteiger partial charge in [0.25, 0.3) is 0 Å². The molecule has 3 N–H and O–H groups in total. The second-order valence-electron chi connectivity index (χ2n) is 12.4. The first-order valence-electron chi connectivity index (χ1n) is 16.7. The van der Waals surface area contributed by atoms with Crippen molar-refractivity contribution in [2.24, 2.45) is 0 Å². The van der Waals surface area contributed by atoms with E-state index in [1.807, 2.05) is 49.4 Å². The number of benzene rings is 2. The number of rotatable bonds is 16. The Bertz CT molecular complexity index is 1880. The number of phosphoric acid groups is 3. The molecule has 0 bridgehead atoms. The number of hydrogen-bond donors (Lipinski definition) is 3. The summed E-state index contributed by atoms with van der Waals surface area (Å²) >= 11 is 1.56. The highest BCUT2D eigenvalue weighted by Crippen LogP contribution is 2.67. The average molecular weight is 791 g/mol. The maximum absolute atomic E-state index is 13.3. The van der Waals surface area contributed by atoms with E-state index in [2.05, 4.69) is 18.1 Å². The average Bonchev–Trinajstić information content (AvgIpc) is 3.65. The van der Waals surface area contributed by atoms with Gasteiger partial charge in [-0.05, 0) is 42.2 Å². The predicted molar refractivity (Wildman–Crippen MR) is 185 cm³/mol. The Morgan fingerprint density at radius 2 is 1.57 bits per heavy atom. The lowest BCUT2D eigenvalue weighted by Gasteiger charge is -2.23. The largest absolute Gasteiger partial charge is 0.490 e. The van der Waals surface area contributed by atoms with E-state index in [1.54, 1.807) is 24.0 Å². The molecule has 5 unspecified atom stereocenters. The lowest BCUT2D eigenvalue weighted by atomic mass is 10.0. The third kappa shape index (κ3) is 10.3. The summed E-state index contributed by atoms with van der Waals surface area (Å²) in [5.74, 6) is 0. The Labute approximate surface area is 298 Å². The highest BCUT2D eigenvalue weighted by atomic mass is 32.2. The van der Waals surface area contributed by atoms with Gasteiger partial charge in [-0.2, -0.15) is 13.6 Å². The molecule has 3 aromatic rings. The van der Waals surface area contributed by atoms with Crippen LogP contribution in [0, 0.1) is 0 Å². The molecule has 1 aromatic heterocycles. The Hall–Kier alpha value is -1.78. The van der Waals surface area contributed by atoms with Crippen LogP contribution in [0.1, 0.15) is 76.4 Å². The summed E-state index contributed by atoms with van der Waals surface area (Å²) in [6, 6.07) is 15.1. The fourth-order valence-corrected chi connectivity index (χ4v) is 11.0. The summed E-state index contributed by atoms with van der Waals surface area (Å²) < 4.78 is 75.2. The van der Waals surface area contributed by atoms with Gasteiger partial charge in [0.05, 0.1) is 13.2 Å². The molecule has 8 atom stereocenters. The molecular formula is C31H41N2O14P3S. The third-order valence-corrected chi connectivity index (χ3v) is 14.2. The van der Waals surface area contributed by atoms with Crippen LogP contribution in [0.2, 0.25) is 0 Å². The normalized spacial score (nSPS) is 27.5. The lowest BCUT2D eigenvalue weighted by molar-refractivity contribution is -0.154. The number of unbranched alkanes of at least 4 members (excludes halogenated alkanes) is 2. The molecule has 6 rings (SSSR count). The number of fused-ring (bicyclic) bond motifs is 2. The van der Waals surface area contributed by atoms with E-state index in [1.165, 1.54) is 11.0 Å². The van der Waals surface area contributed by atoms with Gasteiger partial charge in [0.15, 0.2) is 12.5 Å². The number of ether oxygens (including phenoxy) is 3. The van der Waals surface area contributed by atoms with Crippen molar-refractivity contribution in [3.63, 3.8) is 0 Å². The van der Waals surface area contributed by atoms with Crippen LogP contribution in [0.5, 0.6) is 0 Å². The standard InChI is InChI=1S/C31H41N2O14P3S/c1-2-3-9-18-41-48(35,36)46-50(39,40)47-49(37,38)42-20-25-27-28(45-30(44-27)23-15-14-21-10-7-8-11-22(21)19-23)29(43-25)33-17-16-26(32-31(33)34)51-24-12-5-4-6-13-24/h7-8,10-11,14-17,19,24-25,27-30H,2-6,9,12-13,18,20H2,1H3,(H,35,36)(H,37,38)(H,39,40)/t25-,27?,28+,29-,30?/m1/s1. The molecule has 280 valence electrons. The van der Waals surface area contributed by atoms with E-state index < -0.39 is 66.6 Å². The number of aromatic nitrogens is 2. The first kappa shape index (κ1) is 38.9. The zero-order valence-corrected chi connectivity index (χ0v) is 31.2. The van der Waals surface area contributed by atoms with Crippen LogP contribution in [0.4, 0.5) is 0 Å². The van der Waals surface area contributed by atoms with Gasteiger partial charge >= 0.3 is 29.2 Å². The van der Waals surface area contributed by atoms with Crippen molar-refractivity contribution in [3.05, 3.63) is 70.8 Å². The fourth-order valence-electron chi connectivity index (χ4n) is 6.24. The van der Waals surface area contributed by atoms with Crippen LogP contribution in [0.15, 0.2) is 64.5 Å². The van der Waals surface area contributed by atoms with Gasteiger partial charge in [-0.15, -0.1) is 11.8 Å². The minimum atomic E-state index is -5.66. The van der Waals surface area contributed by atoms with Crippen LogP contribution in [-0.4, -0.2) is 61.0 Å². The van der Waals surface area contributed by atoms with Gasteiger partial charge in [0.2, 0.25) is 0 Å². The molecule has 3 aliphatic rings. The van der Waals surface area contributed by atoms with E-state index in [-0.39, 0.29) is 6.61 Å². The van der Waals surface area contributed by atoms with Crippen molar-refractivity contribution in [1.82, 2.24) is 9.55 Å². The number of hydrogen-bond acceptors (Lipinski definition) is 13. The van der Waals surface area contributed by atoms with Crippen LogP contribution < -0.4 is 5.69 Å². The summed E-state index contributed by atoms with van der Waals surface area (Å²) in [6.07, 6.45) is 3.88. The van der Waals surface area contributed by atoms with Crippen molar-refractivity contribution in [2.75, 3.05) is 13.2 Å². The lowest BCUT2D eigenvalue weighted by Crippen LogP contribution is -2.34. The van der Waals surface area contributed by atoms with Crippen molar-refractivity contribution in [3.8, 4) is 0 Å². The van der Waals surface area contributed by atoms with E-state index in [4.69, 9.17) is 18.7 Å².